The first-order chi connectivity index (χ1) is 4.70. The molecule has 0 spiro atoms. The molecule has 0 heterocycles. The summed E-state index contributed by atoms with van der Waals surface area (Å²) < 4.78 is 0. The highest BCUT2D eigenvalue weighted by atomic mass is 35.5. The first-order valence-corrected chi connectivity index (χ1v) is 3.42. The Morgan fingerprint density at radius 2 is 2.20 bits per heavy atom. The minimum absolute atomic E-state index is 0.682. The first-order valence-electron chi connectivity index (χ1n) is 3.05. The van der Waals surface area contributed by atoms with Crippen molar-refractivity contribution in [1.29, 1.82) is 0 Å². The molecule has 0 bridgehead atoms. The van der Waals surface area contributed by atoms with Crippen molar-refractivity contribution < 1.29 is 0 Å². The van der Waals surface area contributed by atoms with E-state index in [0.29, 0.717) is 5.03 Å². The van der Waals surface area contributed by atoms with Gasteiger partial charge in [-0.25, -0.2) is 0 Å². The van der Waals surface area contributed by atoms with E-state index in [0.717, 1.165) is 5.70 Å². The maximum Gasteiger partial charge on any atom is 0.0422 e. The van der Waals surface area contributed by atoms with Crippen LogP contribution in [0.4, 0.5) is 0 Å². The molecule has 0 amide bonds. The van der Waals surface area contributed by atoms with Crippen molar-refractivity contribution in [3.05, 3.63) is 35.5 Å². The van der Waals surface area contributed by atoms with Gasteiger partial charge < -0.3 is 5.32 Å². The molecular weight excluding hydrogens is 146 g/mol. The zero-order valence-electron chi connectivity index (χ0n) is 6.32. The van der Waals surface area contributed by atoms with E-state index < -0.39 is 0 Å². The van der Waals surface area contributed by atoms with Crippen molar-refractivity contribution in [2.45, 2.75) is 6.92 Å². The zero-order chi connectivity index (χ0) is 7.98. The van der Waals surface area contributed by atoms with Gasteiger partial charge in [-0.3, -0.25) is 0 Å². The summed E-state index contributed by atoms with van der Waals surface area (Å²) in [5.74, 6) is 0. The maximum absolute atomic E-state index is 5.73. The van der Waals surface area contributed by atoms with Crippen molar-refractivity contribution in [3.63, 3.8) is 0 Å². The summed E-state index contributed by atoms with van der Waals surface area (Å²) >= 11 is 5.73. The van der Waals surface area contributed by atoms with E-state index >= 15 is 0 Å². The molecule has 0 saturated carbocycles. The second-order valence-corrected chi connectivity index (χ2v) is 2.30. The lowest BCUT2D eigenvalue weighted by Crippen LogP contribution is -2.00. The van der Waals surface area contributed by atoms with Crippen molar-refractivity contribution in [1.82, 2.24) is 5.32 Å². The number of hydrogen-bond acceptors (Lipinski definition) is 1. The average molecular weight is 158 g/mol. The van der Waals surface area contributed by atoms with Gasteiger partial charge in [0.05, 0.1) is 0 Å². The predicted octanol–water partition coefficient (Wildman–Crippen LogP) is 2.42. The molecule has 2 heteroatoms. The molecule has 0 fully saturated rings. The second kappa shape index (κ2) is 5.12. The van der Waals surface area contributed by atoms with Crippen LogP contribution in [0.2, 0.25) is 0 Å². The Labute approximate surface area is 67.1 Å². The minimum Gasteiger partial charge on any atom is -0.392 e. The van der Waals surface area contributed by atoms with Gasteiger partial charge in [0, 0.05) is 17.8 Å². The minimum atomic E-state index is 0.682. The Morgan fingerprint density at radius 1 is 1.60 bits per heavy atom. The van der Waals surface area contributed by atoms with Crippen LogP contribution in [0.25, 0.3) is 0 Å². The number of allylic oxidation sites excluding steroid dienone is 5. The van der Waals surface area contributed by atoms with E-state index in [-0.39, 0.29) is 0 Å². The molecule has 0 aromatic carbocycles. The number of rotatable bonds is 3. The van der Waals surface area contributed by atoms with Gasteiger partial charge in [-0.05, 0) is 19.1 Å². The fraction of sp³-hybridized carbons (Fsp3) is 0.250. The van der Waals surface area contributed by atoms with Crippen LogP contribution in [0.3, 0.4) is 0 Å². The van der Waals surface area contributed by atoms with Crippen LogP contribution < -0.4 is 5.32 Å². The van der Waals surface area contributed by atoms with E-state index in [1.165, 1.54) is 0 Å². The molecule has 0 aromatic heterocycles. The SMILES string of the molecule is C=C/C=C(Cl)\C=C(/C)NC. The lowest BCUT2D eigenvalue weighted by Gasteiger charge is -1.95. The van der Waals surface area contributed by atoms with Gasteiger partial charge in [0.1, 0.15) is 0 Å². The molecular formula is C8H12ClN. The molecule has 0 aromatic rings. The van der Waals surface area contributed by atoms with Crippen LogP contribution in [-0.4, -0.2) is 7.05 Å². The highest BCUT2D eigenvalue weighted by Gasteiger charge is 1.84. The first kappa shape index (κ1) is 9.31. The van der Waals surface area contributed by atoms with Crippen LogP contribution in [0.5, 0.6) is 0 Å². The van der Waals surface area contributed by atoms with Gasteiger partial charge in [-0.15, -0.1) is 0 Å². The van der Waals surface area contributed by atoms with E-state index in [2.05, 4.69) is 11.9 Å². The molecule has 1 N–H and O–H groups in total. The fourth-order valence-electron chi connectivity index (χ4n) is 0.440. The van der Waals surface area contributed by atoms with Gasteiger partial charge in [0.25, 0.3) is 0 Å². The molecule has 0 unspecified atom stereocenters. The van der Waals surface area contributed by atoms with Crippen molar-refractivity contribution in [2.75, 3.05) is 7.05 Å². The summed E-state index contributed by atoms with van der Waals surface area (Å²) in [5.41, 5.74) is 1.03. The van der Waals surface area contributed by atoms with Crippen LogP contribution >= 0.6 is 11.6 Å². The quantitative estimate of drug-likeness (QED) is 0.621. The summed E-state index contributed by atoms with van der Waals surface area (Å²) in [6, 6.07) is 0. The smallest absolute Gasteiger partial charge is 0.0422 e. The van der Waals surface area contributed by atoms with Gasteiger partial charge in [-0.1, -0.05) is 24.3 Å². The Kier molecular flexibility index (Phi) is 4.77. The van der Waals surface area contributed by atoms with Crippen molar-refractivity contribution in [3.8, 4) is 0 Å². The lowest BCUT2D eigenvalue weighted by molar-refractivity contribution is 0.989. The molecule has 0 rings (SSSR count). The summed E-state index contributed by atoms with van der Waals surface area (Å²) in [6.45, 7) is 5.47. The zero-order valence-corrected chi connectivity index (χ0v) is 7.07. The third kappa shape index (κ3) is 4.21. The molecule has 56 valence electrons. The monoisotopic (exact) mass is 157 g/mol. The van der Waals surface area contributed by atoms with Gasteiger partial charge in [0.2, 0.25) is 0 Å². The van der Waals surface area contributed by atoms with Crippen molar-refractivity contribution >= 4 is 11.6 Å². The van der Waals surface area contributed by atoms with Gasteiger partial charge in [0.15, 0.2) is 0 Å². The number of hydrogen-bond donors (Lipinski definition) is 1. The molecule has 0 atom stereocenters. The van der Waals surface area contributed by atoms with E-state index in [1.807, 2.05) is 20.0 Å². The molecule has 0 aliphatic carbocycles. The topological polar surface area (TPSA) is 12.0 Å². The number of nitrogens with one attached hydrogen (secondary N) is 1. The van der Waals surface area contributed by atoms with Crippen LogP contribution in [-0.2, 0) is 0 Å². The Balaban J connectivity index is 4.11. The van der Waals surface area contributed by atoms with E-state index in [9.17, 15) is 0 Å². The van der Waals surface area contributed by atoms with Crippen molar-refractivity contribution in [2.24, 2.45) is 0 Å². The van der Waals surface area contributed by atoms with Crippen LogP contribution in [0, 0.1) is 0 Å². The Bertz CT molecular complexity index is 168. The van der Waals surface area contributed by atoms with Gasteiger partial charge in [-0.2, -0.15) is 0 Å². The van der Waals surface area contributed by atoms with E-state index in [4.69, 9.17) is 11.6 Å². The average Bonchev–Trinajstić information content (AvgIpc) is 1.88. The molecule has 0 saturated heterocycles. The number of halogens is 1. The standard InChI is InChI=1S/C8H12ClN/c1-4-5-8(9)6-7(2)10-3/h4-6,10H,1H2,2-3H3/b7-6+,8-5+. The van der Waals surface area contributed by atoms with Crippen LogP contribution in [0.1, 0.15) is 6.92 Å². The van der Waals surface area contributed by atoms with Gasteiger partial charge >= 0.3 is 0 Å². The van der Waals surface area contributed by atoms with Crippen LogP contribution in [0.15, 0.2) is 35.5 Å². The highest BCUT2D eigenvalue weighted by molar-refractivity contribution is 6.31. The molecule has 1 nitrogen and oxygen atoms in total. The third-order valence-electron chi connectivity index (χ3n) is 1.03. The maximum atomic E-state index is 5.73. The summed E-state index contributed by atoms with van der Waals surface area (Å²) in [4.78, 5) is 0. The third-order valence-corrected chi connectivity index (χ3v) is 1.26. The lowest BCUT2D eigenvalue weighted by atomic mass is 10.4. The predicted molar refractivity (Wildman–Crippen MR) is 46.9 cm³/mol. The molecule has 0 radical (unpaired) electrons. The Hall–Kier alpha value is -0.690. The summed E-state index contributed by atoms with van der Waals surface area (Å²) in [7, 11) is 1.85. The normalized spacial score (nSPS) is 13.1. The molecule has 0 aliphatic heterocycles. The summed E-state index contributed by atoms with van der Waals surface area (Å²) in [5, 5.41) is 3.64. The molecule has 10 heavy (non-hydrogen) atoms. The second-order valence-electron chi connectivity index (χ2n) is 1.86. The van der Waals surface area contributed by atoms with E-state index in [1.54, 1.807) is 12.2 Å². The fourth-order valence-corrected chi connectivity index (χ4v) is 0.692. The summed E-state index contributed by atoms with van der Waals surface area (Å²) in [6.07, 6.45) is 5.23. The largest absolute Gasteiger partial charge is 0.392 e. The highest BCUT2D eigenvalue weighted by Crippen LogP contribution is 2.04. The molecule has 0 aliphatic rings. The Morgan fingerprint density at radius 3 is 2.60 bits per heavy atom.